The summed E-state index contributed by atoms with van der Waals surface area (Å²) in [4.78, 5) is 24.6. The summed E-state index contributed by atoms with van der Waals surface area (Å²) in [5, 5.41) is 11.8. The van der Waals surface area contributed by atoms with Gasteiger partial charge in [0.1, 0.15) is 5.56 Å². The van der Waals surface area contributed by atoms with Gasteiger partial charge in [0, 0.05) is 24.0 Å². The van der Waals surface area contributed by atoms with Gasteiger partial charge in [-0.15, -0.1) is 0 Å². The molecule has 1 saturated carbocycles. The highest BCUT2D eigenvalue weighted by molar-refractivity contribution is 9.09. The molecule has 0 aromatic heterocycles. The number of hydrogen-bond acceptors (Lipinski definition) is 3. The predicted molar refractivity (Wildman–Crippen MR) is 76.0 cm³/mol. The SMILES string of the molecule is O=C(c1c(Cl)cccc1[N+](=O)[O-])N(CCBr)C1CC1. The molecule has 0 heterocycles. The van der Waals surface area contributed by atoms with E-state index in [1.165, 1.54) is 18.2 Å². The molecule has 1 aliphatic rings. The van der Waals surface area contributed by atoms with Crippen LogP contribution in [0.2, 0.25) is 5.02 Å². The van der Waals surface area contributed by atoms with Crippen molar-refractivity contribution in [3.8, 4) is 0 Å². The maximum absolute atomic E-state index is 12.5. The fourth-order valence-corrected chi connectivity index (χ4v) is 2.58. The van der Waals surface area contributed by atoms with Crippen LogP contribution in [0.15, 0.2) is 18.2 Å². The van der Waals surface area contributed by atoms with Crippen molar-refractivity contribution in [2.75, 3.05) is 11.9 Å². The van der Waals surface area contributed by atoms with Crippen LogP contribution in [0.5, 0.6) is 0 Å². The van der Waals surface area contributed by atoms with Crippen molar-refractivity contribution in [2.45, 2.75) is 18.9 Å². The van der Waals surface area contributed by atoms with E-state index in [1.54, 1.807) is 4.90 Å². The second-order valence-electron chi connectivity index (χ2n) is 4.31. The molecule has 0 aliphatic heterocycles. The van der Waals surface area contributed by atoms with Crippen LogP contribution in [-0.4, -0.2) is 33.6 Å². The number of nitro benzene ring substituents is 1. The van der Waals surface area contributed by atoms with Gasteiger partial charge in [0.15, 0.2) is 0 Å². The number of nitro groups is 1. The minimum Gasteiger partial charge on any atom is -0.335 e. The Morgan fingerprint density at radius 1 is 1.53 bits per heavy atom. The topological polar surface area (TPSA) is 63.4 Å². The van der Waals surface area contributed by atoms with Gasteiger partial charge in [-0.05, 0) is 18.9 Å². The molecule has 0 spiro atoms. The molecule has 0 bridgehead atoms. The van der Waals surface area contributed by atoms with Crippen LogP contribution in [0.25, 0.3) is 0 Å². The van der Waals surface area contributed by atoms with E-state index >= 15 is 0 Å². The second-order valence-corrected chi connectivity index (χ2v) is 5.51. The average molecular weight is 348 g/mol. The summed E-state index contributed by atoms with van der Waals surface area (Å²) >= 11 is 9.27. The van der Waals surface area contributed by atoms with E-state index in [9.17, 15) is 14.9 Å². The van der Waals surface area contributed by atoms with Gasteiger partial charge in [-0.1, -0.05) is 33.6 Å². The van der Waals surface area contributed by atoms with Crippen LogP contribution in [0.1, 0.15) is 23.2 Å². The number of rotatable bonds is 5. The molecule has 1 aromatic carbocycles. The minimum atomic E-state index is -0.571. The lowest BCUT2D eigenvalue weighted by atomic mass is 10.1. The van der Waals surface area contributed by atoms with Crippen LogP contribution < -0.4 is 0 Å². The first-order chi connectivity index (χ1) is 9.06. The molecule has 2 rings (SSSR count). The Balaban J connectivity index is 2.39. The lowest BCUT2D eigenvalue weighted by molar-refractivity contribution is -0.385. The van der Waals surface area contributed by atoms with E-state index in [4.69, 9.17) is 11.6 Å². The molecule has 1 fully saturated rings. The maximum Gasteiger partial charge on any atom is 0.283 e. The third kappa shape index (κ3) is 3.06. The molecular weight excluding hydrogens is 336 g/mol. The third-order valence-corrected chi connectivity index (χ3v) is 3.65. The summed E-state index contributed by atoms with van der Waals surface area (Å²) in [6, 6.07) is 4.46. The normalized spacial score (nSPS) is 14.2. The second kappa shape index (κ2) is 5.88. The smallest absolute Gasteiger partial charge is 0.283 e. The van der Waals surface area contributed by atoms with Crippen molar-refractivity contribution in [3.63, 3.8) is 0 Å². The van der Waals surface area contributed by atoms with Gasteiger partial charge in [-0.3, -0.25) is 14.9 Å². The fraction of sp³-hybridized carbons (Fsp3) is 0.417. The summed E-state index contributed by atoms with van der Waals surface area (Å²) in [7, 11) is 0. The van der Waals surface area contributed by atoms with E-state index in [0.29, 0.717) is 11.9 Å². The van der Waals surface area contributed by atoms with Crippen LogP contribution in [0, 0.1) is 10.1 Å². The van der Waals surface area contributed by atoms with Gasteiger partial charge in [0.2, 0.25) is 0 Å². The van der Waals surface area contributed by atoms with Crippen molar-refractivity contribution >= 4 is 39.1 Å². The first-order valence-corrected chi connectivity index (χ1v) is 7.36. The van der Waals surface area contributed by atoms with E-state index < -0.39 is 4.92 Å². The Bertz CT molecular complexity index is 520. The Kier molecular flexibility index (Phi) is 4.42. The zero-order valence-corrected chi connectivity index (χ0v) is 12.4. The van der Waals surface area contributed by atoms with Crippen molar-refractivity contribution in [3.05, 3.63) is 38.9 Å². The zero-order valence-electron chi connectivity index (χ0n) is 10.0. The monoisotopic (exact) mass is 346 g/mol. The lowest BCUT2D eigenvalue weighted by Gasteiger charge is -2.21. The number of carbonyl (C=O) groups excluding carboxylic acids is 1. The van der Waals surface area contributed by atoms with E-state index in [1.807, 2.05) is 0 Å². The summed E-state index contributed by atoms with van der Waals surface area (Å²) in [6.45, 7) is 0.520. The molecule has 1 aromatic rings. The molecule has 7 heteroatoms. The van der Waals surface area contributed by atoms with Crippen molar-refractivity contribution in [1.82, 2.24) is 4.90 Å². The van der Waals surface area contributed by atoms with Crippen molar-refractivity contribution < 1.29 is 9.72 Å². The van der Waals surface area contributed by atoms with Gasteiger partial charge in [-0.25, -0.2) is 0 Å². The largest absolute Gasteiger partial charge is 0.335 e. The van der Waals surface area contributed by atoms with E-state index in [2.05, 4.69) is 15.9 Å². The molecule has 0 atom stereocenters. The lowest BCUT2D eigenvalue weighted by Crippen LogP contribution is -2.35. The quantitative estimate of drug-likeness (QED) is 0.466. The van der Waals surface area contributed by atoms with Gasteiger partial charge < -0.3 is 4.90 Å². The van der Waals surface area contributed by atoms with Crippen molar-refractivity contribution in [1.29, 1.82) is 0 Å². The Morgan fingerprint density at radius 2 is 2.21 bits per heavy atom. The molecule has 0 unspecified atom stereocenters. The average Bonchev–Trinajstić information content (AvgIpc) is 3.19. The maximum atomic E-state index is 12.5. The third-order valence-electron chi connectivity index (χ3n) is 2.98. The number of alkyl halides is 1. The molecule has 102 valence electrons. The van der Waals surface area contributed by atoms with Crippen LogP contribution in [0.4, 0.5) is 5.69 Å². The van der Waals surface area contributed by atoms with Gasteiger partial charge in [0.25, 0.3) is 11.6 Å². The zero-order chi connectivity index (χ0) is 14.0. The molecule has 1 amide bonds. The number of nitrogens with zero attached hydrogens (tertiary/aromatic N) is 2. The summed E-state index contributed by atoms with van der Waals surface area (Å²) in [5.74, 6) is -0.362. The molecule has 19 heavy (non-hydrogen) atoms. The fourth-order valence-electron chi connectivity index (χ4n) is 1.95. The predicted octanol–water partition coefficient (Wildman–Crippen LogP) is 3.25. The molecular formula is C12H12BrClN2O3. The molecule has 0 radical (unpaired) electrons. The van der Waals surface area contributed by atoms with Crippen LogP contribution >= 0.6 is 27.5 Å². The Labute approximate surface area is 123 Å². The van der Waals surface area contributed by atoms with Gasteiger partial charge in [0.05, 0.1) is 9.95 Å². The highest BCUT2D eigenvalue weighted by Crippen LogP contribution is 2.33. The summed E-state index contributed by atoms with van der Waals surface area (Å²) in [5.41, 5.74) is -0.250. The Hall–Kier alpha value is -1.14. The molecule has 1 aliphatic carbocycles. The first kappa shape index (κ1) is 14.3. The summed E-state index contributed by atoms with van der Waals surface area (Å²) < 4.78 is 0. The molecule has 0 saturated heterocycles. The number of benzene rings is 1. The molecule has 0 N–H and O–H groups in total. The Morgan fingerprint density at radius 3 is 2.74 bits per heavy atom. The number of hydrogen-bond donors (Lipinski definition) is 0. The number of halogens is 2. The number of amides is 1. The minimum absolute atomic E-state index is 0.0120. The van der Waals surface area contributed by atoms with Crippen molar-refractivity contribution in [2.24, 2.45) is 0 Å². The highest BCUT2D eigenvalue weighted by Gasteiger charge is 2.36. The van der Waals surface area contributed by atoms with E-state index in [-0.39, 0.29) is 28.2 Å². The molecule has 5 nitrogen and oxygen atoms in total. The van der Waals surface area contributed by atoms with Crippen LogP contribution in [0.3, 0.4) is 0 Å². The van der Waals surface area contributed by atoms with Gasteiger partial charge >= 0.3 is 0 Å². The van der Waals surface area contributed by atoms with Crippen LogP contribution in [-0.2, 0) is 0 Å². The first-order valence-electron chi connectivity index (χ1n) is 5.86. The summed E-state index contributed by atoms with van der Waals surface area (Å²) in [6.07, 6.45) is 1.88. The van der Waals surface area contributed by atoms with Gasteiger partial charge in [-0.2, -0.15) is 0 Å². The standard InChI is InChI=1S/C12H12BrClN2O3/c13-6-7-15(8-4-5-8)12(17)11-9(14)2-1-3-10(11)16(18)19/h1-3,8H,4-7H2. The highest BCUT2D eigenvalue weighted by atomic mass is 79.9. The number of carbonyl (C=O) groups is 1. The van der Waals surface area contributed by atoms with E-state index in [0.717, 1.165) is 12.8 Å².